The molecule has 3 aromatic carbocycles. The van der Waals surface area contributed by atoms with Gasteiger partial charge in [-0.05, 0) is 23.8 Å². The zero-order valence-corrected chi connectivity index (χ0v) is 13.4. The molecule has 3 heteroatoms. The van der Waals surface area contributed by atoms with Crippen molar-refractivity contribution < 1.29 is 0 Å². The van der Waals surface area contributed by atoms with Crippen molar-refractivity contribution in [3.05, 3.63) is 100 Å². The lowest BCUT2D eigenvalue weighted by Gasteiger charge is -1.99. The molecule has 0 unspecified atom stereocenters. The van der Waals surface area contributed by atoms with Crippen LogP contribution < -0.4 is 10.9 Å². The van der Waals surface area contributed by atoms with Gasteiger partial charge in [-0.1, -0.05) is 66.7 Å². The Kier molecular flexibility index (Phi) is 2.94. The molecule has 0 atom stereocenters. The van der Waals surface area contributed by atoms with Gasteiger partial charge in [-0.3, -0.25) is 9.20 Å². The van der Waals surface area contributed by atoms with Crippen molar-refractivity contribution in [3.63, 3.8) is 0 Å². The van der Waals surface area contributed by atoms with E-state index in [-0.39, 0.29) is 5.56 Å². The molecular weight excluding hydrogens is 308 g/mol. The molecule has 2 aromatic heterocycles. The Morgan fingerprint density at radius 1 is 0.720 bits per heavy atom. The van der Waals surface area contributed by atoms with Gasteiger partial charge in [0.2, 0.25) is 0 Å². The first-order chi connectivity index (χ1) is 12.3. The van der Waals surface area contributed by atoms with E-state index >= 15 is 0 Å². The van der Waals surface area contributed by atoms with E-state index in [0.29, 0.717) is 11.0 Å². The van der Waals surface area contributed by atoms with Gasteiger partial charge in [0.15, 0.2) is 0 Å². The molecule has 0 aliphatic heterocycles. The highest BCUT2D eigenvalue weighted by Gasteiger charge is 2.12. The summed E-state index contributed by atoms with van der Waals surface area (Å²) in [6.07, 6.45) is 2.05. The smallest absolute Gasteiger partial charge is 0.266 e. The van der Waals surface area contributed by atoms with Crippen molar-refractivity contribution in [3.8, 4) is 0 Å². The Balaban J connectivity index is 2.07. The van der Waals surface area contributed by atoms with E-state index in [1.807, 2.05) is 84.9 Å². The molecule has 0 radical (unpaired) electrons. The lowest BCUT2D eigenvalue weighted by atomic mass is 10.1. The average molecular weight is 322 g/mol. The van der Waals surface area contributed by atoms with Crippen LogP contribution in [0.25, 0.3) is 33.4 Å². The number of nitrogens with zero attached hydrogens (tertiary/aromatic N) is 2. The quantitative estimate of drug-likeness (QED) is 0.473. The fraction of sp³-hybridized carbons (Fsp3) is 0. The molecule has 0 spiro atoms. The van der Waals surface area contributed by atoms with Gasteiger partial charge in [0.25, 0.3) is 5.56 Å². The minimum atomic E-state index is -0.0287. The third-order valence-corrected chi connectivity index (χ3v) is 4.56. The minimum absolute atomic E-state index is 0.0287. The van der Waals surface area contributed by atoms with Crippen LogP contribution in [0.3, 0.4) is 0 Å². The molecule has 5 rings (SSSR count). The predicted molar refractivity (Wildman–Crippen MR) is 102 cm³/mol. The van der Waals surface area contributed by atoms with Crippen LogP contribution in [-0.2, 0) is 0 Å². The SMILES string of the molecule is O=c1c2ccccc2nc2c3ccccc3/c(=C\c3ccccc3)n12. The molecule has 0 saturated heterocycles. The fourth-order valence-corrected chi connectivity index (χ4v) is 3.41. The van der Waals surface area contributed by atoms with E-state index in [1.54, 1.807) is 4.40 Å². The van der Waals surface area contributed by atoms with Gasteiger partial charge in [0, 0.05) is 10.8 Å². The van der Waals surface area contributed by atoms with E-state index in [4.69, 9.17) is 4.98 Å². The number of benzene rings is 3. The minimum Gasteiger partial charge on any atom is -0.268 e. The van der Waals surface area contributed by atoms with E-state index < -0.39 is 0 Å². The van der Waals surface area contributed by atoms with Crippen molar-refractivity contribution in [1.29, 1.82) is 0 Å². The maximum atomic E-state index is 13.2. The van der Waals surface area contributed by atoms with Crippen molar-refractivity contribution in [2.24, 2.45) is 0 Å². The molecule has 0 amide bonds. The molecule has 25 heavy (non-hydrogen) atoms. The third-order valence-electron chi connectivity index (χ3n) is 4.56. The Labute approximate surface area is 143 Å². The summed E-state index contributed by atoms with van der Waals surface area (Å²) in [6.45, 7) is 0. The second-order valence-electron chi connectivity index (χ2n) is 6.08. The van der Waals surface area contributed by atoms with Crippen LogP contribution in [0.15, 0.2) is 83.7 Å². The Hall–Kier alpha value is -3.46. The molecule has 0 aliphatic rings. The number of para-hydroxylation sites is 1. The first-order valence-corrected chi connectivity index (χ1v) is 8.21. The first-order valence-electron chi connectivity index (χ1n) is 8.21. The molecule has 0 bridgehead atoms. The summed E-state index contributed by atoms with van der Waals surface area (Å²) in [5, 5.41) is 3.54. The van der Waals surface area contributed by atoms with Crippen molar-refractivity contribution >= 4 is 33.4 Å². The van der Waals surface area contributed by atoms with Gasteiger partial charge >= 0.3 is 0 Å². The Morgan fingerprint density at radius 2 is 1.36 bits per heavy atom. The first kappa shape index (κ1) is 13.9. The number of fused-ring (bicyclic) bond motifs is 4. The summed E-state index contributed by atoms with van der Waals surface area (Å²) in [5.41, 5.74) is 2.47. The number of hydrogen-bond donors (Lipinski definition) is 0. The molecule has 0 N–H and O–H groups in total. The second kappa shape index (κ2) is 5.28. The Morgan fingerprint density at radius 3 is 2.16 bits per heavy atom. The lowest BCUT2D eigenvalue weighted by Crippen LogP contribution is -2.24. The zero-order valence-electron chi connectivity index (χ0n) is 13.4. The van der Waals surface area contributed by atoms with Gasteiger partial charge in [-0.2, -0.15) is 0 Å². The predicted octanol–water partition coefficient (Wildman–Crippen LogP) is 3.55. The Bertz CT molecular complexity index is 1350. The van der Waals surface area contributed by atoms with E-state index in [1.165, 1.54) is 0 Å². The number of rotatable bonds is 1. The molecular formula is C22H14N2O. The standard InChI is InChI=1S/C22H14N2O/c25-22-18-12-6-7-13-19(18)23-21-17-11-5-4-10-16(17)20(24(21)22)14-15-8-2-1-3-9-15/h1-14H/b20-14+. The summed E-state index contributed by atoms with van der Waals surface area (Å²) in [4.78, 5) is 17.9. The normalized spacial score (nSPS) is 12.4. The van der Waals surface area contributed by atoms with Crippen molar-refractivity contribution in [1.82, 2.24) is 9.38 Å². The highest BCUT2D eigenvalue weighted by Crippen LogP contribution is 2.18. The summed E-state index contributed by atoms with van der Waals surface area (Å²) < 4.78 is 1.74. The van der Waals surface area contributed by atoms with Gasteiger partial charge in [0.05, 0.1) is 16.3 Å². The van der Waals surface area contributed by atoms with Crippen molar-refractivity contribution in [2.75, 3.05) is 0 Å². The topological polar surface area (TPSA) is 34.4 Å². The fourth-order valence-electron chi connectivity index (χ4n) is 3.41. The zero-order chi connectivity index (χ0) is 16.8. The van der Waals surface area contributed by atoms with Crippen LogP contribution in [0.1, 0.15) is 5.56 Å². The maximum Gasteiger partial charge on any atom is 0.266 e. The molecule has 118 valence electrons. The molecule has 0 aliphatic carbocycles. The molecule has 0 fully saturated rings. The lowest BCUT2D eigenvalue weighted by molar-refractivity contribution is 1.07. The average Bonchev–Trinajstić information content (AvgIpc) is 2.97. The van der Waals surface area contributed by atoms with Crippen LogP contribution in [-0.4, -0.2) is 9.38 Å². The van der Waals surface area contributed by atoms with E-state index in [2.05, 4.69) is 0 Å². The highest BCUT2D eigenvalue weighted by atomic mass is 16.1. The second-order valence-corrected chi connectivity index (χ2v) is 6.08. The highest BCUT2D eigenvalue weighted by molar-refractivity contribution is 5.98. The van der Waals surface area contributed by atoms with Crippen LogP contribution in [0.4, 0.5) is 0 Å². The molecule has 0 saturated carbocycles. The summed E-state index contributed by atoms with van der Waals surface area (Å²) in [6, 6.07) is 25.6. The molecule has 3 nitrogen and oxygen atoms in total. The van der Waals surface area contributed by atoms with E-state index in [9.17, 15) is 4.79 Å². The monoisotopic (exact) mass is 322 g/mol. The van der Waals surface area contributed by atoms with Crippen molar-refractivity contribution in [2.45, 2.75) is 0 Å². The van der Waals surface area contributed by atoms with E-state index in [0.717, 1.165) is 27.2 Å². The number of hydrogen-bond acceptors (Lipinski definition) is 2. The third kappa shape index (κ3) is 2.06. The summed E-state index contributed by atoms with van der Waals surface area (Å²) >= 11 is 0. The van der Waals surface area contributed by atoms with Gasteiger partial charge < -0.3 is 0 Å². The van der Waals surface area contributed by atoms with Gasteiger partial charge in [-0.25, -0.2) is 4.98 Å². The van der Waals surface area contributed by atoms with Gasteiger partial charge in [0.1, 0.15) is 5.65 Å². The summed E-state index contributed by atoms with van der Waals surface area (Å²) in [7, 11) is 0. The summed E-state index contributed by atoms with van der Waals surface area (Å²) in [5.74, 6) is 0. The molecule has 5 aromatic rings. The molecule has 2 heterocycles. The van der Waals surface area contributed by atoms with Gasteiger partial charge in [-0.15, -0.1) is 0 Å². The number of aromatic nitrogens is 2. The maximum absolute atomic E-state index is 13.2. The van der Waals surface area contributed by atoms with Crippen LogP contribution >= 0.6 is 0 Å². The van der Waals surface area contributed by atoms with Crippen LogP contribution in [0.2, 0.25) is 0 Å². The largest absolute Gasteiger partial charge is 0.268 e. The van der Waals surface area contributed by atoms with Crippen LogP contribution in [0, 0.1) is 0 Å². The van der Waals surface area contributed by atoms with Crippen LogP contribution in [0.5, 0.6) is 0 Å².